The largest absolute Gasteiger partial charge is 0.476 e. The third kappa shape index (κ3) is 1.74. The molecule has 3 aromatic rings. The van der Waals surface area contributed by atoms with E-state index in [2.05, 4.69) is 20.9 Å². The van der Waals surface area contributed by atoms with Gasteiger partial charge in [-0.2, -0.15) is 0 Å². The summed E-state index contributed by atoms with van der Waals surface area (Å²) < 4.78 is 2.78. The van der Waals surface area contributed by atoms with E-state index in [0.29, 0.717) is 11.3 Å². The van der Waals surface area contributed by atoms with Crippen LogP contribution in [0.4, 0.5) is 0 Å². The summed E-state index contributed by atoms with van der Waals surface area (Å²) in [6, 6.07) is 9.25. The average molecular weight is 323 g/mol. The maximum Gasteiger partial charge on any atom is 0.356 e. The normalized spacial score (nSPS) is 10.9. The van der Waals surface area contributed by atoms with E-state index >= 15 is 0 Å². The van der Waals surface area contributed by atoms with Gasteiger partial charge in [-0.3, -0.25) is 4.40 Å². The van der Waals surface area contributed by atoms with E-state index in [0.717, 1.165) is 8.66 Å². The average Bonchev–Trinajstić information content (AvgIpc) is 2.92. The lowest BCUT2D eigenvalue weighted by molar-refractivity contribution is 0.0693. The molecule has 3 rings (SSSR count). The molecule has 0 fully saturated rings. The number of fused-ring (bicyclic) bond motifs is 1. The number of rotatable bonds is 2. The molecule has 0 spiro atoms. The van der Waals surface area contributed by atoms with Gasteiger partial charge < -0.3 is 5.11 Å². The molecule has 0 atom stereocenters. The SMILES string of the molecule is O=C(O)c1nc(-c2ccc(Br)s2)n2ccccc12. The Hall–Kier alpha value is -1.66. The fraction of sp³-hybridized carbons (Fsp3) is 0. The predicted octanol–water partition coefficient (Wildman–Crippen LogP) is 3.52. The van der Waals surface area contributed by atoms with Crippen LogP contribution in [0, 0.1) is 0 Å². The monoisotopic (exact) mass is 322 g/mol. The highest BCUT2D eigenvalue weighted by Gasteiger charge is 2.17. The lowest BCUT2D eigenvalue weighted by Crippen LogP contribution is -1.96. The van der Waals surface area contributed by atoms with Crippen molar-refractivity contribution in [2.45, 2.75) is 0 Å². The summed E-state index contributed by atoms with van der Waals surface area (Å²) in [7, 11) is 0. The van der Waals surface area contributed by atoms with Crippen molar-refractivity contribution in [2.24, 2.45) is 0 Å². The molecule has 0 bridgehead atoms. The second-order valence-corrected chi connectivity index (χ2v) is 6.11. The molecular formula is C12H7BrN2O2S. The molecule has 18 heavy (non-hydrogen) atoms. The van der Waals surface area contributed by atoms with E-state index in [1.54, 1.807) is 16.5 Å². The van der Waals surface area contributed by atoms with Crippen molar-refractivity contribution < 1.29 is 9.90 Å². The zero-order valence-electron chi connectivity index (χ0n) is 9.00. The second kappa shape index (κ2) is 4.22. The van der Waals surface area contributed by atoms with Crippen LogP contribution in [0.25, 0.3) is 16.2 Å². The van der Waals surface area contributed by atoms with E-state index in [1.807, 2.05) is 24.4 Å². The molecule has 6 heteroatoms. The van der Waals surface area contributed by atoms with Gasteiger partial charge in [0.15, 0.2) is 11.5 Å². The van der Waals surface area contributed by atoms with E-state index in [4.69, 9.17) is 5.11 Å². The van der Waals surface area contributed by atoms with Gasteiger partial charge in [-0.25, -0.2) is 9.78 Å². The molecule has 0 aliphatic carbocycles. The highest BCUT2D eigenvalue weighted by atomic mass is 79.9. The van der Waals surface area contributed by atoms with Crippen molar-refractivity contribution >= 4 is 38.8 Å². The Morgan fingerprint density at radius 2 is 2.17 bits per heavy atom. The number of carboxylic acids is 1. The van der Waals surface area contributed by atoms with Crippen LogP contribution in [-0.4, -0.2) is 20.5 Å². The Labute approximate surface area is 115 Å². The molecule has 0 saturated heterocycles. The van der Waals surface area contributed by atoms with Crippen LogP contribution in [0.5, 0.6) is 0 Å². The van der Waals surface area contributed by atoms with Gasteiger partial charge >= 0.3 is 5.97 Å². The van der Waals surface area contributed by atoms with Crippen LogP contribution in [0.2, 0.25) is 0 Å². The van der Waals surface area contributed by atoms with Gasteiger partial charge in [0.1, 0.15) is 0 Å². The Morgan fingerprint density at radius 3 is 2.83 bits per heavy atom. The summed E-state index contributed by atoms with van der Waals surface area (Å²) in [5, 5.41) is 9.17. The lowest BCUT2D eigenvalue weighted by atomic mass is 10.3. The van der Waals surface area contributed by atoms with Crippen molar-refractivity contribution in [3.8, 4) is 10.7 Å². The zero-order valence-corrected chi connectivity index (χ0v) is 11.4. The number of nitrogens with zero attached hydrogens (tertiary/aromatic N) is 2. The molecule has 4 nitrogen and oxygen atoms in total. The third-order valence-electron chi connectivity index (χ3n) is 2.54. The summed E-state index contributed by atoms with van der Waals surface area (Å²) in [6.45, 7) is 0. The highest BCUT2D eigenvalue weighted by molar-refractivity contribution is 9.11. The van der Waals surface area contributed by atoms with Crippen molar-refractivity contribution in [3.05, 3.63) is 46.0 Å². The van der Waals surface area contributed by atoms with Crippen LogP contribution in [0.1, 0.15) is 10.5 Å². The van der Waals surface area contributed by atoms with Gasteiger partial charge in [0.2, 0.25) is 0 Å². The first-order valence-corrected chi connectivity index (χ1v) is 6.74. The van der Waals surface area contributed by atoms with Crippen LogP contribution < -0.4 is 0 Å². The number of halogens is 1. The number of aromatic nitrogens is 2. The molecule has 3 aromatic heterocycles. The highest BCUT2D eigenvalue weighted by Crippen LogP contribution is 2.31. The smallest absolute Gasteiger partial charge is 0.356 e. The Balaban J connectivity index is 2.33. The molecule has 0 amide bonds. The van der Waals surface area contributed by atoms with E-state index in [-0.39, 0.29) is 5.69 Å². The molecule has 3 heterocycles. The number of pyridine rings is 1. The Bertz CT molecular complexity index is 747. The first kappa shape index (κ1) is 11.4. The van der Waals surface area contributed by atoms with Gasteiger partial charge in [-0.1, -0.05) is 6.07 Å². The Kier molecular flexibility index (Phi) is 2.68. The van der Waals surface area contributed by atoms with Crippen LogP contribution in [0.15, 0.2) is 40.3 Å². The molecule has 0 aromatic carbocycles. The van der Waals surface area contributed by atoms with Crippen LogP contribution in [0.3, 0.4) is 0 Å². The number of imidazole rings is 1. The fourth-order valence-corrected chi connectivity index (χ4v) is 3.18. The van der Waals surface area contributed by atoms with Gasteiger partial charge in [-0.05, 0) is 40.2 Å². The summed E-state index contributed by atoms with van der Waals surface area (Å²) >= 11 is 4.92. The summed E-state index contributed by atoms with van der Waals surface area (Å²) in [5.41, 5.74) is 0.680. The molecule has 90 valence electrons. The minimum Gasteiger partial charge on any atom is -0.476 e. The molecule has 0 aliphatic rings. The first-order valence-electron chi connectivity index (χ1n) is 5.13. The van der Waals surface area contributed by atoms with Gasteiger partial charge in [0, 0.05) is 6.20 Å². The quantitative estimate of drug-likeness (QED) is 0.785. The van der Waals surface area contributed by atoms with Crippen molar-refractivity contribution in [3.63, 3.8) is 0 Å². The Morgan fingerprint density at radius 1 is 1.33 bits per heavy atom. The van der Waals surface area contributed by atoms with E-state index in [1.165, 1.54) is 11.3 Å². The van der Waals surface area contributed by atoms with Crippen LogP contribution >= 0.6 is 27.3 Å². The molecular weight excluding hydrogens is 316 g/mol. The first-order chi connectivity index (χ1) is 8.66. The van der Waals surface area contributed by atoms with E-state index in [9.17, 15) is 4.79 Å². The molecule has 0 radical (unpaired) electrons. The fourth-order valence-electron chi connectivity index (χ4n) is 1.80. The molecule has 0 aliphatic heterocycles. The third-order valence-corrected chi connectivity index (χ3v) is 4.16. The molecule has 1 N–H and O–H groups in total. The molecule has 0 saturated carbocycles. The number of carboxylic acid groups (broad SMARTS) is 1. The number of carbonyl (C=O) groups is 1. The van der Waals surface area contributed by atoms with Crippen LogP contribution in [-0.2, 0) is 0 Å². The molecule has 0 unspecified atom stereocenters. The zero-order chi connectivity index (χ0) is 12.7. The topological polar surface area (TPSA) is 54.6 Å². The maximum atomic E-state index is 11.2. The number of thiophene rings is 1. The summed E-state index contributed by atoms with van der Waals surface area (Å²) in [5.74, 6) is -0.362. The van der Waals surface area contributed by atoms with Gasteiger partial charge in [-0.15, -0.1) is 11.3 Å². The van der Waals surface area contributed by atoms with Crippen molar-refractivity contribution in [1.82, 2.24) is 9.38 Å². The minimum absolute atomic E-state index is 0.0788. The maximum absolute atomic E-state index is 11.2. The van der Waals surface area contributed by atoms with E-state index < -0.39 is 5.97 Å². The number of hydrogen-bond acceptors (Lipinski definition) is 3. The number of hydrogen-bond donors (Lipinski definition) is 1. The predicted molar refractivity (Wildman–Crippen MR) is 73.2 cm³/mol. The minimum atomic E-state index is -1.01. The van der Waals surface area contributed by atoms with Crippen molar-refractivity contribution in [2.75, 3.05) is 0 Å². The lowest BCUT2D eigenvalue weighted by Gasteiger charge is -1.96. The second-order valence-electron chi connectivity index (χ2n) is 3.65. The summed E-state index contributed by atoms with van der Waals surface area (Å²) in [4.78, 5) is 16.3. The standard InChI is InChI=1S/C12H7BrN2O2S/c13-9-5-4-8(18-9)11-14-10(12(16)17)7-3-1-2-6-15(7)11/h1-6H,(H,16,17). The summed E-state index contributed by atoms with van der Waals surface area (Å²) in [6.07, 6.45) is 1.82. The van der Waals surface area contributed by atoms with Crippen molar-refractivity contribution in [1.29, 1.82) is 0 Å². The van der Waals surface area contributed by atoms with Gasteiger partial charge in [0.25, 0.3) is 0 Å². The van der Waals surface area contributed by atoms with Gasteiger partial charge in [0.05, 0.1) is 14.2 Å². The number of aromatic carboxylic acids is 1.